The van der Waals surface area contributed by atoms with Crippen LogP contribution in [0.4, 0.5) is 10.8 Å². The first-order valence-electron chi connectivity index (χ1n) is 10.9. The zero-order valence-corrected chi connectivity index (χ0v) is 19.6. The van der Waals surface area contributed by atoms with Crippen LogP contribution in [-0.2, 0) is 0 Å². The fourth-order valence-electron chi connectivity index (χ4n) is 3.65. The minimum atomic E-state index is -0.287. The Labute approximate surface area is 206 Å². The second kappa shape index (κ2) is 9.74. The number of aromatic nitrogens is 3. The summed E-state index contributed by atoms with van der Waals surface area (Å²) in [5, 5.41) is 12.7. The molecular weight excluding hydrogens is 458 g/mol. The average molecular weight is 480 g/mol. The number of para-hydroxylation sites is 1. The first-order chi connectivity index (χ1) is 17.1. The molecule has 8 heteroatoms. The largest absolute Gasteiger partial charge is 0.322 e. The molecule has 0 spiro atoms. The zero-order chi connectivity index (χ0) is 24.2. The molecule has 2 amide bonds. The van der Waals surface area contributed by atoms with E-state index in [1.807, 2.05) is 61.5 Å². The number of carbonyl (C=O) groups excluding carboxylic acids is 2. The smallest absolute Gasteiger partial charge is 0.259 e. The van der Waals surface area contributed by atoms with Crippen LogP contribution in [0.3, 0.4) is 0 Å². The van der Waals surface area contributed by atoms with Crippen molar-refractivity contribution in [3.8, 4) is 16.9 Å². The van der Waals surface area contributed by atoms with E-state index in [1.165, 1.54) is 11.3 Å². The molecule has 3 aromatic carbocycles. The molecule has 0 radical (unpaired) electrons. The van der Waals surface area contributed by atoms with Crippen molar-refractivity contribution < 1.29 is 9.59 Å². The molecule has 35 heavy (non-hydrogen) atoms. The van der Waals surface area contributed by atoms with Gasteiger partial charge in [-0.05, 0) is 48.9 Å². The second-order valence-electron chi connectivity index (χ2n) is 7.81. The topological polar surface area (TPSA) is 88.9 Å². The molecule has 0 bridgehead atoms. The summed E-state index contributed by atoms with van der Waals surface area (Å²) in [4.78, 5) is 29.8. The van der Waals surface area contributed by atoms with Gasteiger partial charge in [0.1, 0.15) is 5.69 Å². The molecule has 2 heterocycles. The minimum Gasteiger partial charge on any atom is -0.322 e. The molecule has 0 aliphatic heterocycles. The van der Waals surface area contributed by atoms with Gasteiger partial charge in [-0.25, -0.2) is 9.67 Å². The number of rotatable bonds is 6. The van der Waals surface area contributed by atoms with Gasteiger partial charge in [0, 0.05) is 34.6 Å². The van der Waals surface area contributed by atoms with Crippen molar-refractivity contribution in [1.29, 1.82) is 0 Å². The van der Waals surface area contributed by atoms with Crippen molar-refractivity contribution in [1.82, 2.24) is 14.8 Å². The number of hydrogen-bond donors (Lipinski definition) is 2. The van der Waals surface area contributed by atoms with Gasteiger partial charge in [0.15, 0.2) is 5.13 Å². The van der Waals surface area contributed by atoms with Crippen LogP contribution >= 0.6 is 11.3 Å². The van der Waals surface area contributed by atoms with Gasteiger partial charge >= 0.3 is 0 Å². The van der Waals surface area contributed by atoms with E-state index in [1.54, 1.807) is 46.7 Å². The zero-order valence-electron chi connectivity index (χ0n) is 18.8. The average Bonchev–Trinajstić information content (AvgIpc) is 3.56. The Kier molecular flexibility index (Phi) is 6.19. The van der Waals surface area contributed by atoms with Crippen molar-refractivity contribution in [3.63, 3.8) is 0 Å². The summed E-state index contributed by atoms with van der Waals surface area (Å²) in [6, 6.07) is 24.2. The van der Waals surface area contributed by atoms with Crippen LogP contribution in [0.25, 0.3) is 16.9 Å². The summed E-state index contributed by atoms with van der Waals surface area (Å²) >= 11 is 1.35. The number of carbonyl (C=O) groups is 2. The Morgan fingerprint density at radius 1 is 0.857 bits per heavy atom. The number of benzene rings is 3. The minimum absolute atomic E-state index is 0.260. The van der Waals surface area contributed by atoms with Gasteiger partial charge in [-0.2, -0.15) is 5.10 Å². The number of aryl methyl sites for hydroxylation is 1. The predicted octanol–water partition coefficient (Wildman–Crippen LogP) is 5.81. The Morgan fingerprint density at radius 3 is 2.31 bits per heavy atom. The molecule has 2 aromatic heterocycles. The first-order valence-corrected chi connectivity index (χ1v) is 11.8. The van der Waals surface area contributed by atoms with E-state index in [2.05, 4.69) is 15.6 Å². The lowest BCUT2D eigenvalue weighted by Crippen LogP contribution is -2.14. The number of hydrogen-bond acceptors (Lipinski definition) is 5. The number of thiazole rings is 1. The van der Waals surface area contributed by atoms with E-state index in [0.29, 0.717) is 27.6 Å². The molecule has 172 valence electrons. The normalized spacial score (nSPS) is 10.7. The molecule has 0 aliphatic rings. The maximum Gasteiger partial charge on any atom is 0.259 e. The molecule has 5 rings (SSSR count). The van der Waals surface area contributed by atoms with Crippen molar-refractivity contribution in [2.24, 2.45) is 0 Å². The Balaban J connectivity index is 1.41. The molecule has 7 nitrogen and oxygen atoms in total. The predicted molar refractivity (Wildman–Crippen MR) is 138 cm³/mol. The SMILES string of the molecule is Cc1ccccc1-c1nn(-c2ccccc2)cc1C(=O)Nc1ccc(C(=O)Nc2nccs2)cc1. The van der Waals surface area contributed by atoms with Crippen molar-refractivity contribution >= 4 is 34.0 Å². The molecular formula is C27H21N5O2S. The number of nitrogens with zero attached hydrogens (tertiary/aromatic N) is 3. The third kappa shape index (κ3) is 4.87. The van der Waals surface area contributed by atoms with Gasteiger partial charge in [0.05, 0.1) is 11.3 Å². The van der Waals surface area contributed by atoms with Crippen LogP contribution in [0.1, 0.15) is 26.3 Å². The highest BCUT2D eigenvalue weighted by Crippen LogP contribution is 2.27. The standard InChI is InChI=1S/C27H21N5O2S/c1-18-7-5-6-10-22(18)24-23(17-32(31-24)21-8-3-2-4-9-21)26(34)29-20-13-11-19(12-14-20)25(33)30-27-28-15-16-35-27/h2-17H,1H3,(H,29,34)(H,28,30,33). The van der Waals surface area contributed by atoms with Crippen molar-refractivity contribution in [3.05, 3.63) is 113 Å². The van der Waals surface area contributed by atoms with E-state index in [-0.39, 0.29) is 11.8 Å². The molecule has 2 N–H and O–H groups in total. The number of nitrogens with one attached hydrogen (secondary N) is 2. The third-order valence-electron chi connectivity index (χ3n) is 5.44. The fraction of sp³-hybridized carbons (Fsp3) is 0.0370. The molecule has 0 fully saturated rings. The number of amides is 2. The van der Waals surface area contributed by atoms with Gasteiger partial charge in [0.2, 0.25) is 0 Å². The lowest BCUT2D eigenvalue weighted by molar-refractivity contribution is 0.102. The van der Waals surface area contributed by atoms with E-state index in [0.717, 1.165) is 16.8 Å². The fourth-order valence-corrected chi connectivity index (χ4v) is 4.17. The Bertz CT molecular complexity index is 1480. The van der Waals surface area contributed by atoms with E-state index < -0.39 is 0 Å². The lowest BCUT2D eigenvalue weighted by atomic mass is 10.0. The van der Waals surface area contributed by atoms with Crippen LogP contribution in [0, 0.1) is 6.92 Å². The summed E-state index contributed by atoms with van der Waals surface area (Å²) in [5.41, 5.74) is 4.87. The summed E-state index contributed by atoms with van der Waals surface area (Å²) in [5.74, 6) is -0.547. The van der Waals surface area contributed by atoms with Gasteiger partial charge in [0.25, 0.3) is 11.8 Å². The highest BCUT2D eigenvalue weighted by molar-refractivity contribution is 7.13. The maximum absolute atomic E-state index is 13.3. The second-order valence-corrected chi connectivity index (χ2v) is 8.70. The van der Waals surface area contributed by atoms with Gasteiger partial charge < -0.3 is 5.32 Å². The van der Waals surface area contributed by atoms with Crippen LogP contribution < -0.4 is 10.6 Å². The van der Waals surface area contributed by atoms with Crippen molar-refractivity contribution in [2.75, 3.05) is 10.6 Å². The maximum atomic E-state index is 13.3. The highest BCUT2D eigenvalue weighted by Gasteiger charge is 2.20. The molecule has 5 aromatic rings. The van der Waals surface area contributed by atoms with Crippen molar-refractivity contribution in [2.45, 2.75) is 6.92 Å². The van der Waals surface area contributed by atoms with E-state index in [4.69, 9.17) is 5.10 Å². The summed E-state index contributed by atoms with van der Waals surface area (Å²) in [6.45, 7) is 1.99. The van der Waals surface area contributed by atoms with E-state index in [9.17, 15) is 9.59 Å². The lowest BCUT2D eigenvalue weighted by Gasteiger charge is -2.08. The van der Waals surface area contributed by atoms with Crippen LogP contribution in [0.5, 0.6) is 0 Å². The summed E-state index contributed by atoms with van der Waals surface area (Å²) < 4.78 is 1.71. The first kappa shape index (κ1) is 22.2. The highest BCUT2D eigenvalue weighted by atomic mass is 32.1. The quantitative estimate of drug-likeness (QED) is 0.322. The molecule has 0 unspecified atom stereocenters. The van der Waals surface area contributed by atoms with E-state index >= 15 is 0 Å². The molecule has 0 saturated heterocycles. The monoisotopic (exact) mass is 479 g/mol. The van der Waals surface area contributed by atoms with Gasteiger partial charge in [-0.1, -0.05) is 42.5 Å². The summed E-state index contributed by atoms with van der Waals surface area (Å²) in [7, 11) is 0. The Hall–Kier alpha value is -4.56. The Morgan fingerprint density at radius 2 is 1.60 bits per heavy atom. The van der Waals surface area contributed by atoms with Crippen LogP contribution in [0.2, 0.25) is 0 Å². The number of anilines is 2. The molecule has 0 aliphatic carbocycles. The summed E-state index contributed by atoms with van der Waals surface area (Å²) in [6.07, 6.45) is 3.37. The van der Waals surface area contributed by atoms with Crippen LogP contribution in [-0.4, -0.2) is 26.6 Å². The van der Waals surface area contributed by atoms with Crippen LogP contribution in [0.15, 0.2) is 96.6 Å². The molecule has 0 atom stereocenters. The van der Waals surface area contributed by atoms with Gasteiger partial charge in [-0.3, -0.25) is 14.9 Å². The van der Waals surface area contributed by atoms with Gasteiger partial charge in [-0.15, -0.1) is 11.3 Å². The molecule has 0 saturated carbocycles. The third-order valence-corrected chi connectivity index (χ3v) is 6.13.